The Hall–Kier alpha value is -3.32. The predicted molar refractivity (Wildman–Crippen MR) is 108 cm³/mol. The Bertz CT molecular complexity index is 1090. The molecule has 1 saturated heterocycles. The third-order valence-electron chi connectivity index (χ3n) is 3.96. The Labute approximate surface area is 164 Å². The van der Waals surface area contributed by atoms with Crippen LogP contribution >= 0.6 is 11.8 Å². The largest absolute Gasteiger partial charge is 0.497 e. The second kappa shape index (κ2) is 7.74. The number of hydrogen-bond donors (Lipinski definition) is 1. The molecule has 1 aliphatic heterocycles. The molecule has 0 radical (unpaired) electrons. The van der Waals surface area contributed by atoms with E-state index in [1.54, 1.807) is 31.4 Å². The van der Waals surface area contributed by atoms with Gasteiger partial charge < -0.3 is 14.5 Å². The molecule has 2 heterocycles. The predicted octanol–water partition coefficient (Wildman–Crippen LogP) is 4.99. The Balaban J connectivity index is 1.54. The summed E-state index contributed by atoms with van der Waals surface area (Å²) in [6, 6.07) is 16.9. The summed E-state index contributed by atoms with van der Waals surface area (Å²) in [6.45, 7) is 0. The lowest BCUT2D eigenvalue weighted by molar-refractivity contribution is -0.115. The van der Waals surface area contributed by atoms with Crippen LogP contribution < -0.4 is 10.1 Å². The number of nitrogens with one attached hydrogen (secondary N) is 1. The van der Waals surface area contributed by atoms with Crippen molar-refractivity contribution in [2.75, 3.05) is 7.11 Å². The maximum Gasteiger partial charge on any atom is 0.264 e. The highest BCUT2D eigenvalue weighted by Gasteiger charge is 2.24. The average molecular weight is 394 g/mol. The van der Waals surface area contributed by atoms with E-state index in [9.17, 15) is 9.18 Å². The van der Waals surface area contributed by atoms with Crippen LogP contribution in [0.2, 0.25) is 0 Å². The van der Waals surface area contributed by atoms with Crippen molar-refractivity contribution in [2.24, 2.45) is 4.99 Å². The minimum atomic E-state index is -0.336. The van der Waals surface area contributed by atoms with Crippen molar-refractivity contribution in [3.63, 3.8) is 0 Å². The molecule has 4 rings (SSSR count). The van der Waals surface area contributed by atoms with Gasteiger partial charge in [0.15, 0.2) is 5.17 Å². The number of rotatable bonds is 4. The molecule has 0 spiro atoms. The van der Waals surface area contributed by atoms with E-state index in [0.717, 1.165) is 11.3 Å². The van der Waals surface area contributed by atoms with Gasteiger partial charge in [-0.25, -0.2) is 9.38 Å². The molecule has 0 unspecified atom stereocenters. The van der Waals surface area contributed by atoms with E-state index in [2.05, 4.69) is 10.3 Å². The van der Waals surface area contributed by atoms with Crippen LogP contribution in [0.1, 0.15) is 5.76 Å². The van der Waals surface area contributed by atoms with Crippen LogP contribution in [0.25, 0.3) is 17.4 Å². The van der Waals surface area contributed by atoms with Crippen molar-refractivity contribution in [3.05, 3.63) is 77.1 Å². The van der Waals surface area contributed by atoms with Gasteiger partial charge in [0.25, 0.3) is 5.91 Å². The van der Waals surface area contributed by atoms with Crippen LogP contribution in [-0.4, -0.2) is 18.2 Å². The Morgan fingerprint density at radius 2 is 1.96 bits per heavy atom. The first-order valence-electron chi connectivity index (χ1n) is 8.40. The van der Waals surface area contributed by atoms with Gasteiger partial charge >= 0.3 is 0 Å². The van der Waals surface area contributed by atoms with Gasteiger partial charge in [0.05, 0.1) is 17.7 Å². The highest BCUT2D eigenvalue weighted by atomic mass is 32.2. The number of methoxy groups -OCH3 is 1. The quantitative estimate of drug-likeness (QED) is 0.634. The average Bonchev–Trinajstić information content (AvgIpc) is 3.31. The number of amidine groups is 1. The smallest absolute Gasteiger partial charge is 0.264 e. The standard InChI is InChI=1S/C21H15FN2O3S/c1-26-16-4-2-3-13(11-16)18-10-9-17(27-18)12-19-20(25)24-21(28-19)23-15-7-5-14(22)6-8-15/h2-12H,1H3,(H,23,24,25)/b19-12-. The molecular weight excluding hydrogens is 379 g/mol. The van der Waals surface area contributed by atoms with E-state index in [4.69, 9.17) is 9.15 Å². The maximum atomic E-state index is 13.0. The molecule has 1 amide bonds. The molecule has 0 saturated carbocycles. The van der Waals surface area contributed by atoms with E-state index in [-0.39, 0.29) is 11.7 Å². The number of ether oxygens (including phenoxy) is 1. The first-order chi connectivity index (χ1) is 13.6. The minimum absolute atomic E-state index is 0.259. The van der Waals surface area contributed by atoms with Crippen molar-refractivity contribution in [1.29, 1.82) is 0 Å². The first-order valence-corrected chi connectivity index (χ1v) is 9.22. The molecule has 1 fully saturated rings. The van der Waals surface area contributed by atoms with Gasteiger partial charge in [-0.15, -0.1) is 0 Å². The van der Waals surface area contributed by atoms with E-state index < -0.39 is 0 Å². The number of carbonyl (C=O) groups excluding carboxylic acids is 1. The zero-order valence-electron chi connectivity index (χ0n) is 14.8. The summed E-state index contributed by atoms with van der Waals surface area (Å²) in [5.74, 6) is 1.37. The van der Waals surface area contributed by atoms with Gasteiger partial charge in [-0.05, 0) is 60.3 Å². The normalized spacial score (nSPS) is 16.6. The van der Waals surface area contributed by atoms with Gasteiger partial charge in [0, 0.05) is 11.6 Å². The summed E-state index contributed by atoms with van der Waals surface area (Å²) in [5, 5.41) is 3.13. The molecule has 1 aromatic heterocycles. The lowest BCUT2D eigenvalue weighted by atomic mass is 10.2. The van der Waals surface area contributed by atoms with Gasteiger partial charge in [-0.2, -0.15) is 0 Å². The molecular formula is C21H15FN2O3S. The summed E-state index contributed by atoms with van der Waals surface area (Å²) in [5.41, 5.74) is 1.44. The molecule has 1 N–H and O–H groups in total. The lowest BCUT2D eigenvalue weighted by Crippen LogP contribution is -2.19. The zero-order valence-corrected chi connectivity index (χ0v) is 15.6. The van der Waals surface area contributed by atoms with Crippen molar-refractivity contribution < 1.29 is 18.3 Å². The molecule has 0 bridgehead atoms. The number of thioether (sulfide) groups is 1. The van der Waals surface area contributed by atoms with E-state index in [1.165, 1.54) is 23.9 Å². The number of amides is 1. The van der Waals surface area contributed by atoms with Gasteiger partial charge in [0.1, 0.15) is 23.1 Å². The van der Waals surface area contributed by atoms with Crippen LogP contribution in [0, 0.1) is 5.82 Å². The Morgan fingerprint density at radius 1 is 1.14 bits per heavy atom. The van der Waals surface area contributed by atoms with E-state index >= 15 is 0 Å². The minimum Gasteiger partial charge on any atom is -0.497 e. The van der Waals surface area contributed by atoms with Crippen molar-refractivity contribution in [3.8, 4) is 17.1 Å². The number of hydrogen-bond acceptors (Lipinski definition) is 5. The number of nitrogens with zero attached hydrogens (tertiary/aromatic N) is 1. The fraction of sp³-hybridized carbons (Fsp3) is 0.0476. The molecule has 0 aliphatic carbocycles. The van der Waals surface area contributed by atoms with Crippen LogP contribution in [0.3, 0.4) is 0 Å². The summed E-state index contributed by atoms with van der Waals surface area (Å²) < 4.78 is 24.1. The number of halogens is 1. The monoisotopic (exact) mass is 394 g/mol. The highest BCUT2D eigenvalue weighted by molar-refractivity contribution is 8.18. The van der Waals surface area contributed by atoms with Crippen LogP contribution in [0.5, 0.6) is 5.75 Å². The SMILES string of the molecule is COc1cccc(-c2ccc(/C=C3\SC(=Nc4ccc(F)cc4)NC3=O)o2)c1. The lowest BCUT2D eigenvalue weighted by Gasteiger charge is -2.01. The summed E-state index contributed by atoms with van der Waals surface area (Å²) in [6.07, 6.45) is 1.66. The zero-order chi connectivity index (χ0) is 19.5. The fourth-order valence-corrected chi connectivity index (χ4v) is 3.43. The maximum absolute atomic E-state index is 13.0. The summed E-state index contributed by atoms with van der Waals surface area (Å²) in [4.78, 5) is 17.0. The molecule has 28 heavy (non-hydrogen) atoms. The van der Waals surface area contributed by atoms with Gasteiger partial charge in [-0.1, -0.05) is 12.1 Å². The molecule has 7 heteroatoms. The Kier molecular flexibility index (Phi) is 4.99. The van der Waals surface area contributed by atoms with E-state index in [0.29, 0.717) is 27.3 Å². The molecule has 1 aliphatic rings. The molecule has 3 aromatic rings. The number of furan rings is 1. The van der Waals surface area contributed by atoms with Crippen LogP contribution in [0.15, 0.2) is 75.0 Å². The first kappa shape index (κ1) is 18.1. The van der Waals surface area contributed by atoms with Crippen LogP contribution in [-0.2, 0) is 4.79 Å². The third kappa shape index (κ3) is 3.99. The Morgan fingerprint density at radius 3 is 2.75 bits per heavy atom. The van der Waals surface area contributed by atoms with Crippen LogP contribution in [0.4, 0.5) is 10.1 Å². The molecule has 140 valence electrons. The van der Waals surface area contributed by atoms with Crippen molar-refractivity contribution >= 4 is 34.6 Å². The van der Waals surface area contributed by atoms with Gasteiger partial charge in [0.2, 0.25) is 0 Å². The van der Waals surface area contributed by atoms with Crippen molar-refractivity contribution in [2.45, 2.75) is 0 Å². The summed E-state index contributed by atoms with van der Waals surface area (Å²) >= 11 is 1.20. The molecule has 5 nitrogen and oxygen atoms in total. The number of aliphatic imine (C=N–C) groups is 1. The van der Waals surface area contributed by atoms with Crippen molar-refractivity contribution in [1.82, 2.24) is 5.32 Å². The molecule has 0 atom stereocenters. The topological polar surface area (TPSA) is 63.8 Å². The second-order valence-corrected chi connectivity index (χ2v) is 6.92. The van der Waals surface area contributed by atoms with E-state index in [1.807, 2.05) is 30.3 Å². The fourth-order valence-electron chi connectivity index (χ4n) is 2.60. The second-order valence-electron chi connectivity index (χ2n) is 5.89. The highest BCUT2D eigenvalue weighted by Crippen LogP contribution is 2.31. The number of carbonyl (C=O) groups is 1. The summed E-state index contributed by atoms with van der Waals surface area (Å²) in [7, 11) is 1.61. The molecule has 2 aromatic carbocycles. The van der Waals surface area contributed by atoms with Gasteiger partial charge in [-0.3, -0.25) is 4.79 Å². The third-order valence-corrected chi connectivity index (χ3v) is 4.87. The number of benzene rings is 2.